The lowest BCUT2D eigenvalue weighted by Gasteiger charge is -1.93. The quantitative estimate of drug-likeness (QED) is 0.332. The van der Waals surface area contributed by atoms with Gasteiger partial charge in [0, 0.05) is 0 Å². The molecule has 0 unspecified atom stereocenters. The summed E-state index contributed by atoms with van der Waals surface area (Å²) in [4.78, 5) is 9.94. The van der Waals surface area contributed by atoms with Crippen LogP contribution in [0.2, 0.25) is 0 Å². The van der Waals surface area contributed by atoms with Gasteiger partial charge in [0.15, 0.2) is 0 Å². The minimum absolute atomic E-state index is 0.180. The van der Waals surface area contributed by atoms with E-state index >= 15 is 0 Å². The van der Waals surface area contributed by atoms with E-state index in [1.165, 1.54) is 0 Å². The number of primary amides is 1. The number of aliphatic hydroxyl groups excluding tert-OH is 1. The van der Waals surface area contributed by atoms with Crippen LogP contribution >= 0.6 is 0 Å². The Morgan fingerprint density at radius 3 is 2.78 bits per heavy atom. The third-order valence-electron chi connectivity index (χ3n) is 0.586. The van der Waals surface area contributed by atoms with Crippen molar-refractivity contribution < 1.29 is 9.90 Å². The summed E-state index contributed by atoms with van der Waals surface area (Å²) in [6.07, 6.45) is 0. The minimum Gasteiger partial charge on any atom is -0.390 e. The normalized spacial score (nSPS) is 11.1. The fourth-order valence-electron chi connectivity index (χ4n) is 0.186. The lowest BCUT2D eigenvalue weighted by atomic mass is 10.5. The van der Waals surface area contributed by atoms with E-state index in [0.717, 1.165) is 0 Å². The number of hydrogen-bond acceptors (Lipinski definition) is 3. The van der Waals surface area contributed by atoms with Crippen molar-refractivity contribution in [2.24, 2.45) is 10.8 Å². The molecule has 5 heteroatoms. The number of carbonyl (C=O) groups excluding carboxylic acids is 1. The highest BCUT2D eigenvalue weighted by molar-refractivity contribution is 5.84. The lowest BCUT2D eigenvalue weighted by molar-refractivity contribution is 0.249. The van der Waals surface area contributed by atoms with Gasteiger partial charge in [-0.3, -0.25) is 0 Å². The van der Waals surface area contributed by atoms with Crippen LogP contribution in [-0.2, 0) is 0 Å². The second-order valence-corrected chi connectivity index (χ2v) is 1.48. The van der Waals surface area contributed by atoms with E-state index < -0.39 is 6.03 Å². The van der Waals surface area contributed by atoms with Gasteiger partial charge in [0.2, 0.25) is 0 Å². The summed E-state index contributed by atoms with van der Waals surface area (Å²) in [6.45, 7) is 1.39. The number of aliphatic hydroxyl groups is 1. The number of carbonyl (C=O) groups is 1. The van der Waals surface area contributed by atoms with E-state index in [9.17, 15) is 4.79 Å². The molecule has 52 valence electrons. The first kappa shape index (κ1) is 7.90. The summed E-state index contributed by atoms with van der Waals surface area (Å²) in [5.74, 6) is 0. The van der Waals surface area contributed by atoms with Gasteiger partial charge in [-0.1, -0.05) is 0 Å². The van der Waals surface area contributed by atoms with E-state index in [1.54, 1.807) is 6.92 Å². The standard InChI is InChI=1S/C4H9N3O2/c1-3(2-8)6-7-4(5)9/h8H,2H2,1H3,(H3,5,7,9). The Morgan fingerprint density at radius 2 is 2.44 bits per heavy atom. The van der Waals surface area contributed by atoms with E-state index in [0.29, 0.717) is 5.71 Å². The van der Waals surface area contributed by atoms with Crippen LogP contribution in [0, 0.1) is 0 Å². The number of nitrogens with two attached hydrogens (primary N) is 1. The largest absolute Gasteiger partial charge is 0.390 e. The number of amides is 2. The first-order chi connectivity index (χ1) is 4.16. The molecule has 4 N–H and O–H groups in total. The second-order valence-electron chi connectivity index (χ2n) is 1.48. The van der Waals surface area contributed by atoms with Crippen LogP contribution in [0.15, 0.2) is 5.10 Å². The van der Waals surface area contributed by atoms with Gasteiger partial charge in [0.1, 0.15) is 0 Å². The molecular weight excluding hydrogens is 122 g/mol. The van der Waals surface area contributed by atoms with Gasteiger partial charge in [-0.2, -0.15) is 5.10 Å². The van der Waals surface area contributed by atoms with E-state index in [2.05, 4.69) is 10.8 Å². The van der Waals surface area contributed by atoms with Gasteiger partial charge >= 0.3 is 6.03 Å². The van der Waals surface area contributed by atoms with Gasteiger partial charge in [0.05, 0.1) is 12.3 Å². The maximum absolute atomic E-state index is 9.94. The molecule has 0 spiro atoms. The van der Waals surface area contributed by atoms with Gasteiger partial charge < -0.3 is 10.8 Å². The maximum Gasteiger partial charge on any atom is 0.332 e. The molecule has 0 fully saturated rings. The highest BCUT2D eigenvalue weighted by Gasteiger charge is 1.87. The number of rotatable bonds is 2. The molecule has 9 heavy (non-hydrogen) atoms. The Morgan fingerprint density at radius 1 is 1.89 bits per heavy atom. The zero-order valence-corrected chi connectivity index (χ0v) is 5.09. The molecule has 0 aromatic carbocycles. The molecule has 0 saturated carbocycles. The van der Waals surface area contributed by atoms with Crippen molar-refractivity contribution in [1.82, 2.24) is 5.43 Å². The SMILES string of the molecule is CC(CO)=NNC(N)=O. The molecule has 5 nitrogen and oxygen atoms in total. The second kappa shape index (κ2) is 3.85. The molecule has 0 rings (SSSR count). The smallest absolute Gasteiger partial charge is 0.332 e. The number of hydrazone groups is 1. The summed E-state index contributed by atoms with van der Waals surface area (Å²) in [5, 5.41) is 11.7. The molecule has 0 bridgehead atoms. The molecule has 0 radical (unpaired) electrons. The molecule has 0 aliphatic heterocycles. The van der Waals surface area contributed by atoms with Crippen molar-refractivity contribution in [3.63, 3.8) is 0 Å². The number of nitrogens with one attached hydrogen (secondary N) is 1. The zero-order chi connectivity index (χ0) is 7.28. The third kappa shape index (κ3) is 4.76. The van der Waals surface area contributed by atoms with Crippen LogP contribution < -0.4 is 11.2 Å². The topological polar surface area (TPSA) is 87.7 Å². The van der Waals surface area contributed by atoms with Crippen LogP contribution in [-0.4, -0.2) is 23.5 Å². The number of urea groups is 1. The maximum atomic E-state index is 9.94. The predicted molar refractivity (Wildman–Crippen MR) is 32.9 cm³/mol. The molecule has 2 amide bonds. The molecule has 0 aromatic rings. The minimum atomic E-state index is -0.734. The monoisotopic (exact) mass is 131 g/mol. The average molecular weight is 131 g/mol. The van der Waals surface area contributed by atoms with Crippen LogP contribution in [0.5, 0.6) is 0 Å². The van der Waals surface area contributed by atoms with Crippen LogP contribution in [0.25, 0.3) is 0 Å². The Hall–Kier alpha value is -1.10. The van der Waals surface area contributed by atoms with Gasteiger partial charge in [-0.25, -0.2) is 10.2 Å². The molecule has 0 saturated heterocycles. The first-order valence-electron chi connectivity index (χ1n) is 2.36. The predicted octanol–water partition coefficient (Wildman–Crippen LogP) is -0.977. The molecule has 0 aliphatic rings. The highest BCUT2D eigenvalue weighted by atomic mass is 16.3. The molecule has 0 atom stereocenters. The van der Waals surface area contributed by atoms with E-state index in [4.69, 9.17) is 5.11 Å². The Kier molecular flexibility index (Phi) is 3.38. The Labute approximate surface area is 52.5 Å². The molecule has 0 heterocycles. The molecular formula is C4H9N3O2. The van der Waals surface area contributed by atoms with Crippen LogP contribution in [0.3, 0.4) is 0 Å². The Balaban J connectivity index is 3.56. The van der Waals surface area contributed by atoms with Gasteiger partial charge in [-0.15, -0.1) is 0 Å². The number of hydrogen-bond donors (Lipinski definition) is 3. The summed E-state index contributed by atoms with van der Waals surface area (Å²) < 4.78 is 0. The van der Waals surface area contributed by atoms with Crippen molar-refractivity contribution in [3.05, 3.63) is 0 Å². The summed E-state index contributed by atoms with van der Waals surface area (Å²) >= 11 is 0. The lowest BCUT2D eigenvalue weighted by Crippen LogP contribution is -2.25. The first-order valence-corrected chi connectivity index (χ1v) is 2.36. The molecule has 0 aromatic heterocycles. The van der Waals surface area contributed by atoms with Crippen LogP contribution in [0.1, 0.15) is 6.92 Å². The van der Waals surface area contributed by atoms with Crippen LogP contribution in [0.4, 0.5) is 4.79 Å². The average Bonchev–Trinajstić information content (AvgIpc) is 1.83. The molecule has 0 aliphatic carbocycles. The van der Waals surface area contributed by atoms with Crippen molar-refractivity contribution in [2.45, 2.75) is 6.92 Å². The van der Waals surface area contributed by atoms with Crippen molar-refractivity contribution in [2.75, 3.05) is 6.61 Å². The zero-order valence-electron chi connectivity index (χ0n) is 5.09. The summed E-state index contributed by atoms with van der Waals surface area (Å²) in [7, 11) is 0. The number of nitrogens with zero attached hydrogens (tertiary/aromatic N) is 1. The van der Waals surface area contributed by atoms with Crippen molar-refractivity contribution in [1.29, 1.82) is 0 Å². The fraction of sp³-hybridized carbons (Fsp3) is 0.500. The van der Waals surface area contributed by atoms with Gasteiger partial charge in [-0.05, 0) is 6.92 Å². The third-order valence-corrected chi connectivity index (χ3v) is 0.586. The van der Waals surface area contributed by atoms with Crippen molar-refractivity contribution in [3.8, 4) is 0 Å². The van der Waals surface area contributed by atoms with Gasteiger partial charge in [0.25, 0.3) is 0 Å². The highest BCUT2D eigenvalue weighted by Crippen LogP contribution is 1.69. The summed E-state index contributed by atoms with van der Waals surface area (Å²) in [6, 6.07) is -0.734. The van der Waals surface area contributed by atoms with E-state index in [-0.39, 0.29) is 6.61 Å². The van der Waals surface area contributed by atoms with Crippen molar-refractivity contribution >= 4 is 11.7 Å². The Bertz CT molecular complexity index is 132. The fourth-order valence-corrected chi connectivity index (χ4v) is 0.186. The van der Waals surface area contributed by atoms with E-state index in [1.807, 2.05) is 5.43 Å². The summed E-state index contributed by atoms with van der Waals surface area (Å²) in [5.41, 5.74) is 7.03.